The van der Waals surface area contributed by atoms with Crippen LogP contribution in [0.2, 0.25) is 0 Å². The summed E-state index contributed by atoms with van der Waals surface area (Å²) < 4.78 is 64.2. The van der Waals surface area contributed by atoms with Crippen molar-refractivity contribution in [1.29, 1.82) is 0 Å². The molecule has 93 valence electrons. The zero-order valence-electron chi connectivity index (χ0n) is 8.85. The fraction of sp³-hybridized carbons (Fsp3) is 0.0769. The highest BCUT2D eigenvalue weighted by molar-refractivity contribution is 5.67. The molecule has 1 radical (unpaired) electrons. The second-order valence-electron chi connectivity index (χ2n) is 3.61. The van der Waals surface area contributed by atoms with Crippen molar-refractivity contribution in [3.63, 3.8) is 0 Å². The molecule has 0 saturated carbocycles. The first-order valence-corrected chi connectivity index (χ1v) is 4.92. The summed E-state index contributed by atoms with van der Waals surface area (Å²) in [4.78, 5) is 0. The van der Waals surface area contributed by atoms with Crippen molar-refractivity contribution in [1.82, 2.24) is 0 Å². The first-order valence-electron chi connectivity index (χ1n) is 4.92. The van der Waals surface area contributed by atoms with Gasteiger partial charge >= 0.3 is 6.18 Å². The van der Waals surface area contributed by atoms with Gasteiger partial charge in [0.1, 0.15) is 11.6 Å². The van der Waals surface area contributed by atoms with E-state index in [1.165, 1.54) is 12.1 Å². The number of alkyl halides is 3. The molecule has 0 saturated heterocycles. The topological polar surface area (TPSA) is 0 Å². The van der Waals surface area contributed by atoms with E-state index in [4.69, 9.17) is 0 Å². The maximum atomic E-state index is 13.0. The molecule has 0 fully saturated rings. The molecule has 0 unspecified atom stereocenters. The van der Waals surface area contributed by atoms with Crippen LogP contribution in [0.5, 0.6) is 0 Å². The van der Waals surface area contributed by atoms with Gasteiger partial charge < -0.3 is 0 Å². The molecule has 0 spiro atoms. The Bertz CT molecular complexity index is 552. The molecular weight excluding hydrogens is 251 g/mol. The Kier molecular flexibility index (Phi) is 3.07. The molecule has 0 N–H and O–H groups in total. The van der Waals surface area contributed by atoms with Gasteiger partial charge in [-0.3, -0.25) is 0 Å². The van der Waals surface area contributed by atoms with Gasteiger partial charge in [-0.2, -0.15) is 13.2 Å². The molecule has 0 amide bonds. The van der Waals surface area contributed by atoms with E-state index in [0.29, 0.717) is 6.07 Å². The van der Waals surface area contributed by atoms with Crippen LogP contribution in [0.4, 0.5) is 22.0 Å². The lowest BCUT2D eigenvalue weighted by Gasteiger charge is -2.12. The number of rotatable bonds is 1. The smallest absolute Gasteiger partial charge is 0.207 e. The molecule has 0 heterocycles. The third kappa shape index (κ3) is 2.50. The summed E-state index contributed by atoms with van der Waals surface area (Å²) >= 11 is 0. The highest BCUT2D eigenvalue weighted by Crippen LogP contribution is 2.36. The normalized spacial score (nSPS) is 11.6. The summed E-state index contributed by atoms with van der Waals surface area (Å²) in [7, 11) is 0. The van der Waals surface area contributed by atoms with Crippen molar-refractivity contribution in [2.75, 3.05) is 0 Å². The summed E-state index contributed by atoms with van der Waals surface area (Å²) in [6.45, 7) is 0. The summed E-state index contributed by atoms with van der Waals surface area (Å²) in [6, 6.07) is 7.90. The van der Waals surface area contributed by atoms with Gasteiger partial charge in [-0.05, 0) is 29.8 Å². The van der Waals surface area contributed by atoms with Gasteiger partial charge in [-0.1, -0.05) is 12.1 Å². The van der Waals surface area contributed by atoms with Crippen LogP contribution in [-0.4, -0.2) is 0 Å². The minimum absolute atomic E-state index is 0.194. The van der Waals surface area contributed by atoms with E-state index in [0.717, 1.165) is 18.2 Å². The van der Waals surface area contributed by atoms with Gasteiger partial charge in [-0.25, -0.2) is 8.78 Å². The summed E-state index contributed by atoms with van der Waals surface area (Å²) in [5, 5.41) is 0. The zero-order valence-corrected chi connectivity index (χ0v) is 8.85. The molecule has 2 rings (SSSR count). The van der Waals surface area contributed by atoms with Crippen molar-refractivity contribution in [3.8, 4) is 11.1 Å². The van der Waals surface area contributed by atoms with Gasteiger partial charge in [0.25, 0.3) is 0 Å². The van der Waals surface area contributed by atoms with Crippen LogP contribution in [-0.2, 0) is 6.18 Å². The minimum Gasteiger partial charge on any atom is -0.207 e. The molecule has 2 aromatic carbocycles. The Morgan fingerprint density at radius 1 is 0.944 bits per heavy atom. The lowest BCUT2D eigenvalue weighted by Crippen LogP contribution is -2.07. The Hall–Kier alpha value is -1.91. The van der Waals surface area contributed by atoms with E-state index in [2.05, 4.69) is 6.07 Å². The molecule has 0 aliphatic carbocycles. The van der Waals surface area contributed by atoms with Gasteiger partial charge in [0, 0.05) is 11.6 Å². The van der Waals surface area contributed by atoms with Gasteiger partial charge in [0.2, 0.25) is 0 Å². The Balaban J connectivity index is 2.64. The van der Waals surface area contributed by atoms with E-state index in [-0.39, 0.29) is 11.1 Å². The van der Waals surface area contributed by atoms with E-state index in [1.54, 1.807) is 0 Å². The standard InChI is InChI=1S/C13H6F5/c14-9-5-8(6-10(15)7-9)11-3-1-2-4-12(11)13(16,17)18/h1-2,4-7H. The van der Waals surface area contributed by atoms with Crippen LogP contribution in [0.15, 0.2) is 36.4 Å². The molecule has 0 atom stereocenters. The Morgan fingerprint density at radius 3 is 2.11 bits per heavy atom. The Morgan fingerprint density at radius 2 is 1.56 bits per heavy atom. The molecule has 0 bridgehead atoms. The number of halogens is 5. The number of hydrogen-bond donors (Lipinski definition) is 0. The maximum absolute atomic E-state index is 13.0. The van der Waals surface area contributed by atoms with Crippen molar-refractivity contribution < 1.29 is 22.0 Å². The van der Waals surface area contributed by atoms with Gasteiger partial charge in [-0.15, -0.1) is 0 Å². The fourth-order valence-corrected chi connectivity index (χ4v) is 1.61. The van der Waals surface area contributed by atoms with Gasteiger partial charge in [0.15, 0.2) is 0 Å². The van der Waals surface area contributed by atoms with E-state index >= 15 is 0 Å². The van der Waals surface area contributed by atoms with E-state index in [9.17, 15) is 22.0 Å². The quantitative estimate of drug-likeness (QED) is 0.662. The highest BCUT2D eigenvalue weighted by atomic mass is 19.4. The second-order valence-corrected chi connectivity index (χ2v) is 3.61. The molecule has 18 heavy (non-hydrogen) atoms. The fourth-order valence-electron chi connectivity index (χ4n) is 1.61. The second kappa shape index (κ2) is 4.40. The lowest BCUT2D eigenvalue weighted by molar-refractivity contribution is -0.137. The summed E-state index contributed by atoms with van der Waals surface area (Å²) in [6.07, 6.45) is -4.60. The Labute approximate surface area is 99.7 Å². The van der Waals surface area contributed by atoms with Gasteiger partial charge in [0.05, 0.1) is 5.56 Å². The van der Waals surface area contributed by atoms with Crippen molar-refractivity contribution in [2.45, 2.75) is 6.18 Å². The largest absolute Gasteiger partial charge is 0.417 e. The van der Waals surface area contributed by atoms with E-state index in [1.807, 2.05) is 0 Å². The number of benzene rings is 2. The summed E-state index contributed by atoms with van der Waals surface area (Å²) in [5.41, 5.74) is -1.54. The zero-order chi connectivity index (χ0) is 13.3. The lowest BCUT2D eigenvalue weighted by atomic mass is 9.99. The molecular formula is C13H6F5. The maximum Gasteiger partial charge on any atom is 0.417 e. The van der Waals surface area contributed by atoms with Crippen LogP contribution in [0, 0.1) is 17.7 Å². The van der Waals surface area contributed by atoms with Crippen molar-refractivity contribution in [2.24, 2.45) is 0 Å². The van der Waals surface area contributed by atoms with Crippen molar-refractivity contribution in [3.05, 3.63) is 59.7 Å². The van der Waals surface area contributed by atoms with Crippen LogP contribution in [0.25, 0.3) is 11.1 Å². The minimum atomic E-state index is -4.60. The molecule has 2 aromatic rings. The van der Waals surface area contributed by atoms with Crippen molar-refractivity contribution >= 4 is 0 Å². The molecule has 0 aliphatic rings. The molecule has 0 nitrogen and oxygen atoms in total. The monoisotopic (exact) mass is 257 g/mol. The predicted octanol–water partition coefficient (Wildman–Crippen LogP) is 4.45. The third-order valence-corrected chi connectivity index (χ3v) is 2.31. The average molecular weight is 257 g/mol. The third-order valence-electron chi connectivity index (χ3n) is 2.31. The van der Waals surface area contributed by atoms with Crippen LogP contribution >= 0.6 is 0 Å². The molecule has 5 heteroatoms. The summed E-state index contributed by atoms with van der Waals surface area (Å²) in [5.74, 6) is -1.87. The van der Waals surface area contributed by atoms with Crippen LogP contribution in [0.1, 0.15) is 5.56 Å². The van der Waals surface area contributed by atoms with E-state index < -0.39 is 23.4 Å². The SMILES string of the molecule is Fc1cc(F)cc(-c2[c]cccc2C(F)(F)F)c1. The van der Waals surface area contributed by atoms with Crippen LogP contribution < -0.4 is 0 Å². The van der Waals surface area contributed by atoms with Crippen LogP contribution in [0.3, 0.4) is 0 Å². The molecule has 0 aromatic heterocycles. The molecule has 0 aliphatic heterocycles. The number of hydrogen-bond acceptors (Lipinski definition) is 0. The first-order chi connectivity index (χ1) is 8.38. The predicted molar refractivity (Wildman–Crippen MR) is 55.6 cm³/mol. The highest BCUT2D eigenvalue weighted by Gasteiger charge is 2.33. The average Bonchev–Trinajstić information content (AvgIpc) is 2.26. The first kappa shape index (κ1) is 12.5.